The summed E-state index contributed by atoms with van der Waals surface area (Å²) in [4.78, 5) is 10.8. The number of carbonyl (C=O) groups is 1. The third-order valence-electron chi connectivity index (χ3n) is 2.13. The number of benzene rings is 1. The summed E-state index contributed by atoms with van der Waals surface area (Å²) in [5, 5.41) is 0. The van der Waals surface area contributed by atoms with E-state index in [-0.39, 0.29) is 5.78 Å². The van der Waals surface area contributed by atoms with E-state index in [4.69, 9.17) is 0 Å². The highest BCUT2D eigenvalue weighted by Crippen LogP contribution is 2.11. The van der Waals surface area contributed by atoms with Crippen LogP contribution in [-0.2, 0) is 11.2 Å². The topological polar surface area (TPSA) is 17.1 Å². The van der Waals surface area contributed by atoms with Crippen LogP contribution >= 0.6 is 0 Å². The second-order valence-electron chi connectivity index (χ2n) is 3.61. The van der Waals surface area contributed by atoms with Gasteiger partial charge in [0.1, 0.15) is 5.78 Å². The minimum Gasteiger partial charge on any atom is -0.300 e. The normalized spacial score (nSPS) is 9.79. The summed E-state index contributed by atoms with van der Waals surface area (Å²) < 4.78 is 0. The molecule has 0 aliphatic rings. The lowest BCUT2D eigenvalue weighted by Gasteiger charge is -2.03. The fourth-order valence-electron chi connectivity index (χ4n) is 1.33. The Morgan fingerprint density at radius 2 is 1.86 bits per heavy atom. The van der Waals surface area contributed by atoms with Crippen molar-refractivity contribution >= 4 is 5.78 Å². The molecule has 74 valence electrons. The van der Waals surface area contributed by atoms with Crippen molar-refractivity contribution in [3.05, 3.63) is 48.0 Å². The van der Waals surface area contributed by atoms with Crippen LogP contribution in [0.4, 0.5) is 0 Å². The molecule has 0 radical (unpaired) electrons. The van der Waals surface area contributed by atoms with E-state index in [1.54, 1.807) is 6.92 Å². The predicted molar refractivity (Wildman–Crippen MR) is 59.2 cm³/mol. The molecule has 0 aliphatic heterocycles. The maximum Gasteiger partial charge on any atom is 0.130 e. The Kier molecular flexibility index (Phi) is 4.11. The predicted octanol–water partition coefficient (Wildman–Crippen LogP) is 3.15. The molecule has 1 nitrogen and oxygen atoms in total. The quantitative estimate of drug-likeness (QED) is 0.649. The molecule has 0 atom stereocenters. The van der Waals surface area contributed by atoms with E-state index in [1.165, 1.54) is 5.56 Å². The Labute approximate surface area is 85.5 Å². The fraction of sp³-hybridized carbons (Fsp3) is 0.308. The van der Waals surface area contributed by atoms with E-state index in [9.17, 15) is 4.79 Å². The molecule has 0 saturated carbocycles. The SMILES string of the molecule is C=C(CCC(C)=O)Cc1ccccc1. The zero-order valence-electron chi connectivity index (χ0n) is 8.62. The van der Waals surface area contributed by atoms with E-state index in [2.05, 4.69) is 18.7 Å². The highest BCUT2D eigenvalue weighted by Gasteiger charge is 1.99. The van der Waals surface area contributed by atoms with E-state index in [0.29, 0.717) is 6.42 Å². The molecule has 0 spiro atoms. The molecule has 0 bridgehead atoms. The molecular weight excluding hydrogens is 172 g/mol. The van der Waals surface area contributed by atoms with Crippen LogP contribution in [0.1, 0.15) is 25.3 Å². The van der Waals surface area contributed by atoms with Crippen molar-refractivity contribution in [2.45, 2.75) is 26.2 Å². The zero-order valence-corrected chi connectivity index (χ0v) is 8.62. The average molecular weight is 188 g/mol. The van der Waals surface area contributed by atoms with Gasteiger partial charge in [0.25, 0.3) is 0 Å². The molecule has 1 rings (SSSR count). The van der Waals surface area contributed by atoms with E-state index >= 15 is 0 Å². The largest absolute Gasteiger partial charge is 0.300 e. The first kappa shape index (κ1) is 10.7. The Balaban J connectivity index is 2.38. The highest BCUT2D eigenvalue weighted by atomic mass is 16.1. The van der Waals surface area contributed by atoms with Gasteiger partial charge in [0.15, 0.2) is 0 Å². The number of ketones is 1. The van der Waals surface area contributed by atoms with Crippen LogP contribution in [0.5, 0.6) is 0 Å². The Morgan fingerprint density at radius 1 is 1.21 bits per heavy atom. The number of hydrogen-bond donors (Lipinski definition) is 0. The Morgan fingerprint density at radius 3 is 2.43 bits per heavy atom. The van der Waals surface area contributed by atoms with Crippen LogP contribution < -0.4 is 0 Å². The molecule has 0 heterocycles. The lowest BCUT2D eigenvalue weighted by molar-refractivity contribution is -0.116. The van der Waals surface area contributed by atoms with Crippen molar-refractivity contribution in [3.63, 3.8) is 0 Å². The number of carbonyl (C=O) groups excluding carboxylic acids is 1. The fourth-order valence-corrected chi connectivity index (χ4v) is 1.33. The summed E-state index contributed by atoms with van der Waals surface area (Å²) in [5.74, 6) is 0.235. The van der Waals surface area contributed by atoms with E-state index < -0.39 is 0 Å². The second-order valence-corrected chi connectivity index (χ2v) is 3.61. The van der Waals surface area contributed by atoms with Crippen molar-refractivity contribution < 1.29 is 4.79 Å². The average Bonchev–Trinajstić information content (AvgIpc) is 2.16. The molecule has 1 heteroatoms. The number of allylic oxidation sites excluding steroid dienone is 1. The van der Waals surface area contributed by atoms with Crippen LogP contribution in [0.3, 0.4) is 0 Å². The van der Waals surface area contributed by atoms with Gasteiger partial charge >= 0.3 is 0 Å². The summed E-state index contributed by atoms with van der Waals surface area (Å²) in [6, 6.07) is 10.2. The molecule has 0 unspecified atom stereocenters. The molecule has 0 saturated heterocycles. The minimum absolute atomic E-state index is 0.235. The smallest absolute Gasteiger partial charge is 0.130 e. The van der Waals surface area contributed by atoms with Crippen LogP contribution in [-0.4, -0.2) is 5.78 Å². The van der Waals surface area contributed by atoms with Gasteiger partial charge < -0.3 is 4.79 Å². The number of rotatable bonds is 5. The molecule has 14 heavy (non-hydrogen) atoms. The van der Waals surface area contributed by atoms with Crippen molar-refractivity contribution in [2.75, 3.05) is 0 Å². The van der Waals surface area contributed by atoms with Gasteiger partial charge in [-0.15, -0.1) is 0 Å². The van der Waals surface area contributed by atoms with Gasteiger partial charge in [0.05, 0.1) is 0 Å². The summed E-state index contributed by atoms with van der Waals surface area (Å²) in [5.41, 5.74) is 2.40. The molecule has 0 N–H and O–H groups in total. The minimum atomic E-state index is 0.235. The maximum absolute atomic E-state index is 10.8. The molecule has 0 amide bonds. The van der Waals surface area contributed by atoms with E-state index in [1.807, 2.05) is 18.2 Å². The lowest BCUT2D eigenvalue weighted by atomic mass is 10.0. The van der Waals surface area contributed by atoms with Crippen LogP contribution in [0.25, 0.3) is 0 Å². The summed E-state index contributed by atoms with van der Waals surface area (Å²) in [7, 11) is 0. The standard InChI is InChI=1S/C13H16O/c1-11(8-9-12(2)14)10-13-6-4-3-5-7-13/h3-7H,1,8-10H2,2H3. The first-order valence-electron chi connectivity index (χ1n) is 4.88. The van der Waals surface area contributed by atoms with Gasteiger partial charge in [-0.25, -0.2) is 0 Å². The number of hydrogen-bond acceptors (Lipinski definition) is 1. The first-order chi connectivity index (χ1) is 6.68. The summed E-state index contributed by atoms with van der Waals surface area (Å²) in [6.45, 7) is 5.59. The van der Waals surface area contributed by atoms with Crippen LogP contribution in [0.15, 0.2) is 42.5 Å². The summed E-state index contributed by atoms with van der Waals surface area (Å²) >= 11 is 0. The highest BCUT2D eigenvalue weighted by molar-refractivity contribution is 5.75. The maximum atomic E-state index is 10.8. The van der Waals surface area contributed by atoms with Crippen molar-refractivity contribution in [1.29, 1.82) is 0 Å². The van der Waals surface area contributed by atoms with Crippen LogP contribution in [0.2, 0.25) is 0 Å². The van der Waals surface area contributed by atoms with Gasteiger partial charge in [-0.2, -0.15) is 0 Å². The van der Waals surface area contributed by atoms with Crippen molar-refractivity contribution in [3.8, 4) is 0 Å². The third kappa shape index (κ3) is 4.04. The molecule has 0 aromatic heterocycles. The Hall–Kier alpha value is -1.37. The Bertz CT molecular complexity index is 311. The van der Waals surface area contributed by atoms with Gasteiger partial charge in [-0.05, 0) is 25.3 Å². The van der Waals surface area contributed by atoms with Crippen molar-refractivity contribution in [2.24, 2.45) is 0 Å². The second kappa shape index (κ2) is 5.38. The third-order valence-corrected chi connectivity index (χ3v) is 2.13. The van der Waals surface area contributed by atoms with Crippen LogP contribution in [0, 0.1) is 0 Å². The molecule has 0 aliphatic carbocycles. The molecular formula is C13H16O. The van der Waals surface area contributed by atoms with Gasteiger partial charge in [0.2, 0.25) is 0 Å². The first-order valence-corrected chi connectivity index (χ1v) is 4.88. The monoisotopic (exact) mass is 188 g/mol. The molecule has 1 aromatic rings. The van der Waals surface area contributed by atoms with E-state index in [0.717, 1.165) is 18.4 Å². The van der Waals surface area contributed by atoms with Gasteiger partial charge in [-0.3, -0.25) is 0 Å². The number of Topliss-reactive ketones (excluding diaryl/α,β-unsaturated/α-hetero) is 1. The van der Waals surface area contributed by atoms with Gasteiger partial charge in [0, 0.05) is 6.42 Å². The molecule has 1 aromatic carbocycles. The summed E-state index contributed by atoms with van der Waals surface area (Å²) in [6.07, 6.45) is 2.31. The van der Waals surface area contributed by atoms with Crippen molar-refractivity contribution in [1.82, 2.24) is 0 Å². The molecule has 0 fully saturated rings. The van der Waals surface area contributed by atoms with Gasteiger partial charge in [-0.1, -0.05) is 42.5 Å². The lowest BCUT2D eigenvalue weighted by Crippen LogP contribution is -1.94. The zero-order chi connectivity index (χ0) is 10.4.